The molecule has 2 nitrogen and oxygen atoms in total. The van der Waals surface area contributed by atoms with E-state index in [1.807, 2.05) is 52.8 Å². The molecule has 1 aliphatic heterocycles. The van der Waals surface area contributed by atoms with Gasteiger partial charge in [-0.05, 0) is 44.4 Å². The van der Waals surface area contributed by atoms with Gasteiger partial charge in [0.25, 0.3) is 0 Å². The number of hydrogen-bond donors (Lipinski definition) is 2. The Hall–Kier alpha value is -1.64. The fourth-order valence-electron chi connectivity index (χ4n) is 1.69. The van der Waals surface area contributed by atoms with E-state index in [1.54, 1.807) is 6.08 Å². The van der Waals surface area contributed by atoms with Crippen molar-refractivity contribution in [3.8, 4) is 0 Å². The average Bonchev–Trinajstić information content (AvgIpc) is 3.39. The number of benzene rings is 1. The SMILES string of the molecule is C=C(C)c1ccccc1C.C=C/C=C(\C)C1(C)NN1.CC.CC.CCC. The predicted molar refractivity (Wildman–Crippen MR) is 123 cm³/mol. The molecule has 1 aliphatic rings. The average molecular weight is 361 g/mol. The summed E-state index contributed by atoms with van der Waals surface area (Å²) in [5.74, 6) is 0. The van der Waals surface area contributed by atoms with Crippen LogP contribution in [-0.2, 0) is 0 Å². The highest BCUT2D eigenvalue weighted by Crippen LogP contribution is 2.19. The molecule has 2 N–H and O–H groups in total. The minimum atomic E-state index is 0.0498. The first-order valence-electron chi connectivity index (χ1n) is 9.88. The highest BCUT2D eigenvalue weighted by atomic mass is 15.7. The van der Waals surface area contributed by atoms with E-state index >= 15 is 0 Å². The molecule has 2 rings (SSSR count). The van der Waals surface area contributed by atoms with E-state index in [-0.39, 0.29) is 5.66 Å². The monoisotopic (exact) mass is 360 g/mol. The normalized spacial score (nSPS) is 12.9. The molecule has 150 valence electrons. The van der Waals surface area contributed by atoms with Crippen LogP contribution in [-0.4, -0.2) is 5.66 Å². The molecule has 0 amide bonds. The van der Waals surface area contributed by atoms with Crippen LogP contribution in [0.15, 0.2) is 55.1 Å². The zero-order valence-corrected chi connectivity index (χ0v) is 19.1. The lowest BCUT2D eigenvalue weighted by Crippen LogP contribution is -2.12. The van der Waals surface area contributed by atoms with Crippen molar-refractivity contribution >= 4 is 5.57 Å². The maximum absolute atomic E-state index is 3.89. The first kappa shape index (κ1) is 29.1. The summed E-state index contributed by atoms with van der Waals surface area (Å²) in [5.41, 5.74) is 11.1. The third-order valence-corrected chi connectivity index (χ3v) is 3.26. The Labute approximate surface area is 164 Å². The molecule has 0 atom stereocenters. The highest BCUT2D eigenvalue weighted by Gasteiger charge is 2.37. The van der Waals surface area contributed by atoms with E-state index < -0.39 is 0 Å². The van der Waals surface area contributed by atoms with E-state index in [0.717, 1.165) is 5.57 Å². The van der Waals surface area contributed by atoms with Gasteiger partial charge < -0.3 is 0 Å². The molecule has 0 radical (unpaired) electrons. The van der Waals surface area contributed by atoms with Crippen LogP contribution in [0.1, 0.15) is 79.9 Å². The summed E-state index contributed by atoms with van der Waals surface area (Å²) in [6, 6.07) is 8.28. The van der Waals surface area contributed by atoms with Gasteiger partial charge in [0.1, 0.15) is 5.66 Å². The minimum Gasteiger partial charge on any atom is -0.231 e. The van der Waals surface area contributed by atoms with Gasteiger partial charge in [-0.2, -0.15) is 0 Å². The molecule has 0 unspecified atom stereocenters. The van der Waals surface area contributed by atoms with Crippen LogP contribution in [0.4, 0.5) is 0 Å². The molecule has 0 aromatic heterocycles. The molecule has 0 aliphatic carbocycles. The third kappa shape index (κ3) is 13.6. The number of hydrogen-bond acceptors (Lipinski definition) is 2. The van der Waals surface area contributed by atoms with Gasteiger partial charge in [-0.3, -0.25) is 0 Å². The number of rotatable bonds is 3. The summed E-state index contributed by atoms with van der Waals surface area (Å²) in [4.78, 5) is 0. The second-order valence-corrected chi connectivity index (χ2v) is 5.76. The quantitative estimate of drug-likeness (QED) is 0.434. The zero-order chi connectivity index (χ0) is 21.2. The number of aryl methyl sites for hydroxylation is 1. The summed E-state index contributed by atoms with van der Waals surface area (Å²) in [6.45, 7) is 28.0. The van der Waals surface area contributed by atoms with Crippen molar-refractivity contribution in [1.82, 2.24) is 10.9 Å². The molecule has 2 heteroatoms. The summed E-state index contributed by atoms with van der Waals surface area (Å²) < 4.78 is 0. The Balaban J connectivity index is -0.000000305. The third-order valence-electron chi connectivity index (χ3n) is 3.26. The van der Waals surface area contributed by atoms with Gasteiger partial charge in [0.05, 0.1) is 0 Å². The lowest BCUT2D eigenvalue weighted by molar-refractivity contribution is 0.790. The van der Waals surface area contributed by atoms with E-state index in [2.05, 4.69) is 70.8 Å². The van der Waals surface area contributed by atoms with Crippen LogP contribution in [0.25, 0.3) is 5.57 Å². The van der Waals surface area contributed by atoms with Gasteiger partial charge in [0.15, 0.2) is 0 Å². The molecule has 0 saturated carbocycles. The maximum atomic E-state index is 3.89. The van der Waals surface area contributed by atoms with E-state index in [0.29, 0.717) is 0 Å². The van der Waals surface area contributed by atoms with Gasteiger partial charge in [-0.1, -0.05) is 103 Å². The fourth-order valence-corrected chi connectivity index (χ4v) is 1.69. The van der Waals surface area contributed by atoms with Gasteiger partial charge in [-0.25, -0.2) is 10.9 Å². The summed E-state index contributed by atoms with van der Waals surface area (Å²) >= 11 is 0. The highest BCUT2D eigenvalue weighted by molar-refractivity contribution is 5.63. The summed E-state index contributed by atoms with van der Waals surface area (Å²) in [5, 5.41) is 0. The molecule has 0 spiro atoms. The molecule has 1 heterocycles. The second kappa shape index (κ2) is 18.2. The van der Waals surface area contributed by atoms with Crippen LogP contribution in [0, 0.1) is 6.92 Å². The fraction of sp³-hybridized carbons (Fsp3) is 0.500. The van der Waals surface area contributed by atoms with Crippen molar-refractivity contribution in [3.63, 3.8) is 0 Å². The number of nitrogens with one attached hydrogen (secondary N) is 2. The molecular formula is C24H44N2. The molecule has 26 heavy (non-hydrogen) atoms. The Morgan fingerprint density at radius 1 is 1.04 bits per heavy atom. The maximum Gasteiger partial charge on any atom is 0.113 e. The van der Waals surface area contributed by atoms with E-state index in [9.17, 15) is 0 Å². The first-order chi connectivity index (χ1) is 12.3. The van der Waals surface area contributed by atoms with Crippen molar-refractivity contribution in [2.45, 2.75) is 81.3 Å². The summed E-state index contributed by atoms with van der Waals surface area (Å²) in [6.07, 6.45) is 5.04. The van der Waals surface area contributed by atoms with Crippen LogP contribution in [0.2, 0.25) is 0 Å². The van der Waals surface area contributed by atoms with Crippen LogP contribution in [0.5, 0.6) is 0 Å². The Kier molecular flexibility index (Phi) is 20.4. The molecule has 0 bridgehead atoms. The van der Waals surface area contributed by atoms with Crippen molar-refractivity contribution in [3.05, 3.63) is 66.3 Å². The zero-order valence-electron chi connectivity index (χ0n) is 19.1. The lowest BCUT2D eigenvalue weighted by atomic mass is 10.0. The van der Waals surface area contributed by atoms with E-state index in [1.165, 1.54) is 23.1 Å². The van der Waals surface area contributed by atoms with Gasteiger partial charge in [0.2, 0.25) is 0 Å². The topological polar surface area (TPSA) is 43.9 Å². The molecule has 1 aromatic rings. The van der Waals surface area contributed by atoms with Crippen LogP contribution < -0.4 is 10.9 Å². The smallest absolute Gasteiger partial charge is 0.113 e. The van der Waals surface area contributed by atoms with Gasteiger partial charge in [0, 0.05) is 0 Å². The number of allylic oxidation sites excluding steroid dienone is 3. The minimum absolute atomic E-state index is 0.0498. The van der Waals surface area contributed by atoms with Crippen LogP contribution in [0.3, 0.4) is 0 Å². The van der Waals surface area contributed by atoms with Gasteiger partial charge in [-0.15, -0.1) is 0 Å². The lowest BCUT2D eigenvalue weighted by Gasteiger charge is -2.02. The Morgan fingerprint density at radius 2 is 1.46 bits per heavy atom. The molecular weight excluding hydrogens is 316 g/mol. The molecule has 1 saturated heterocycles. The van der Waals surface area contributed by atoms with Crippen molar-refractivity contribution in [2.24, 2.45) is 0 Å². The molecule has 1 aromatic carbocycles. The van der Waals surface area contributed by atoms with Gasteiger partial charge >= 0.3 is 0 Å². The van der Waals surface area contributed by atoms with Crippen molar-refractivity contribution in [2.75, 3.05) is 0 Å². The van der Waals surface area contributed by atoms with E-state index in [4.69, 9.17) is 0 Å². The second-order valence-electron chi connectivity index (χ2n) is 5.76. The van der Waals surface area contributed by atoms with Crippen molar-refractivity contribution < 1.29 is 0 Å². The molecule has 1 fully saturated rings. The first-order valence-corrected chi connectivity index (χ1v) is 9.88. The Morgan fingerprint density at radius 3 is 1.73 bits per heavy atom. The largest absolute Gasteiger partial charge is 0.231 e. The van der Waals surface area contributed by atoms with Crippen molar-refractivity contribution in [1.29, 1.82) is 0 Å². The standard InChI is InChI=1S/C10H12.C7H12N2.C3H8.2C2H6/c1-8(2)10-7-5-4-6-9(10)3;1-4-5-6(2)7(3)8-9-7;1-3-2;2*1-2/h4-7H,1H2,2-3H3;4-5,8-9H,1H2,2-3H3;3H2,1-2H3;2*1-2H3/b;6-5+;;;. The number of hydrazine groups is 1. The predicted octanol–water partition coefficient (Wildman–Crippen LogP) is 7.44. The summed E-state index contributed by atoms with van der Waals surface area (Å²) in [7, 11) is 0. The Bertz CT molecular complexity index is 509. The van der Waals surface area contributed by atoms with Crippen LogP contribution >= 0.6 is 0 Å².